The van der Waals surface area contributed by atoms with Crippen molar-refractivity contribution in [3.8, 4) is 0 Å². The van der Waals surface area contributed by atoms with Gasteiger partial charge in [0.15, 0.2) is 0 Å². The summed E-state index contributed by atoms with van der Waals surface area (Å²) in [5, 5.41) is 5.35. The second-order valence-corrected chi connectivity index (χ2v) is 6.99. The largest absolute Gasteiger partial charge is 0.0654 e. The first-order valence-electron chi connectivity index (χ1n) is 9.70. The van der Waals surface area contributed by atoms with Crippen LogP contribution in [0.2, 0.25) is 0 Å². The van der Waals surface area contributed by atoms with E-state index in [0.717, 1.165) is 6.42 Å². The van der Waals surface area contributed by atoms with Crippen LogP contribution in [0.25, 0.3) is 21.5 Å². The summed E-state index contributed by atoms with van der Waals surface area (Å²) in [5.41, 5.74) is 2.77. The number of unbranched alkanes of at least 4 members (excludes halogenated alkanes) is 2. The third-order valence-corrected chi connectivity index (χ3v) is 5.26. The molecule has 0 unspecified atom stereocenters. The zero-order valence-corrected chi connectivity index (χ0v) is 15.4. The van der Waals surface area contributed by atoms with E-state index in [-0.39, 0.29) is 0 Å². The van der Waals surface area contributed by atoms with Gasteiger partial charge in [0.05, 0.1) is 0 Å². The molecule has 0 saturated heterocycles. The van der Waals surface area contributed by atoms with Crippen LogP contribution >= 0.6 is 0 Å². The van der Waals surface area contributed by atoms with Crippen LogP contribution in [0.15, 0.2) is 84.9 Å². The van der Waals surface area contributed by atoms with Gasteiger partial charge in [-0.2, -0.15) is 0 Å². The quantitative estimate of drug-likeness (QED) is 0.319. The van der Waals surface area contributed by atoms with Crippen molar-refractivity contribution in [2.75, 3.05) is 0 Å². The molecule has 0 nitrogen and oxygen atoms in total. The molecule has 0 aliphatic carbocycles. The highest BCUT2D eigenvalue weighted by molar-refractivity contribution is 5.92. The SMILES string of the molecule is CCCCC[C](c1cccc2ccccc12)c1cccc2ccccc12. The molecule has 0 aliphatic heterocycles. The smallest absolute Gasteiger partial charge is 0.0352 e. The van der Waals surface area contributed by atoms with Crippen molar-refractivity contribution in [3.05, 3.63) is 102 Å². The van der Waals surface area contributed by atoms with Crippen molar-refractivity contribution in [1.82, 2.24) is 0 Å². The topological polar surface area (TPSA) is 0 Å². The first kappa shape index (κ1) is 16.8. The summed E-state index contributed by atoms with van der Waals surface area (Å²) in [5.74, 6) is 1.48. The maximum atomic E-state index is 2.30. The highest BCUT2D eigenvalue weighted by Crippen LogP contribution is 2.37. The summed E-state index contributed by atoms with van der Waals surface area (Å²) in [6, 6.07) is 30.9. The van der Waals surface area contributed by atoms with Gasteiger partial charge >= 0.3 is 0 Å². The summed E-state index contributed by atoms with van der Waals surface area (Å²) < 4.78 is 0. The zero-order valence-electron chi connectivity index (χ0n) is 15.4. The van der Waals surface area contributed by atoms with Gasteiger partial charge in [-0.05, 0) is 39.1 Å². The van der Waals surface area contributed by atoms with E-state index in [1.165, 1.54) is 57.9 Å². The van der Waals surface area contributed by atoms with E-state index in [9.17, 15) is 0 Å². The first-order valence-corrected chi connectivity index (χ1v) is 9.70. The van der Waals surface area contributed by atoms with Gasteiger partial charge in [-0.25, -0.2) is 0 Å². The molecule has 4 rings (SSSR count). The Morgan fingerprint density at radius 3 is 1.62 bits per heavy atom. The zero-order chi connectivity index (χ0) is 17.8. The Morgan fingerprint density at radius 2 is 1.08 bits per heavy atom. The van der Waals surface area contributed by atoms with Crippen molar-refractivity contribution >= 4 is 21.5 Å². The van der Waals surface area contributed by atoms with Crippen LogP contribution in [0, 0.1) is 5.92 Å². The third kappa shape index (κ3) is 3.24. The Hall–Kier alpha value is -2.60. The van der Waals surface area contributed by atoms with Crippen LogP contribution in [0.3, 0.4) is 0 Å². The minimum atomic E-state index is 1.12. The summed E-state index contributed by atoms with van der Waals surface area (Å²) in [6.45, 7) is 2.27. The molecule has 0 fully saturated rings. The lowest BCUT2D eigenvalue weighted by Crippen LogP contribution is -2.04. The lowest BCUT2D eigenvalue weighted by molar-refractivity contribution is 0.695. The number of fused-ring (bicyclic) bond motifs is 2. The molecule has 26 heavy (non-hydrogen) atoms. The number of hydrogen-bond donors (Lipinski definition) is 0. The summed E-state index contributed by atoms with van der Waals surface area (Å²) in [6.07, 6.45) is 4.88. The van der Waals surface area contributed by atoms with E-state index < -0.39 is 0 Å². The fraction of sp³-hybridized carbons (Fsp3) is 0.192. The molecule has 0 spiro atoms. The summed E-state index contributed by atoms with van der Waals surface area (Å²) in [7, 11) is 0. The highest BCUT2D eigenvalue weighted by atomic mass is 14.2. The molecule has 0 atom stereocenters. The first-order chi connectivity index (χ1) is 12.9. The van der Waals surface area contributed by atoms with Crippen LogP contribution in [0.5, 0.6) is 0 Å². The van der Waals surface area contributed by atoms with Crippen molar-refractivity contribution < 1.29 is 0 Å². The van der Waals surface area contributed by atoms with E-state index in [4.69, 9.17) is 0 Å². The Kier molecular flexibility index (Phi) is 5.02. The second-order valence-electron chi connectivity index (χ2n) is 6.99. The molecule has 0 amide bonds. The molecule has 1 radical (unpaired) electrons. The Balaban J connectivity index is 1.89. The van der Waals surface area contributed by atoms with Gasteiger partial charge in [0.1, 0.15) is 0 Å². The lowest BCUT2D eigenvalue weighted by atomic mass is 9.82. The molecular weight excluding hydrogens is 312 g/mol. The molecule has 0 aromatic heterocycles. The van der Waals surface area contributed by atoms with Crippen LogP contribution in [0.1, 0.15) is 43.7 Å². The Labute approximate surface area is 156 Å². The number of benzene rings is 4. The van der Waals surface area contributed by atoms with Gasteiger partial charge in [-0.3, -0.25) is 0 Å². The van der Waals surface area contributed by atoms with Gasteiger partial charge in [0.25, 0.3) is 0 Å². The minimum absolute atomic E-state index is 1.12. The van der Waals surface area contributed by atoms with Crippen molar-refractivity contribution in [2.45, 2.75) is 32.6 Å². The van der Waals surface area contributed by atoms with E-state index in [0.29, 0.717) is 0 Å². The van der Waals surface area contributed by atoms with Crippen molar-refractivity contribution in [1.29, 1.82) is 0 Å². The normalized spacial score (nSPS) is 11.5. The average Bonchev–Trinajstić information content (AvgIpc) is 2.71. The van der Waals surface area contributed by atoms with Crippen molar-refractivity contribution in [2.24, 2.45) is 0 Å². The standard InChI is InChI=1S/C26H25/c1-2-3-4-17-26(24-18-9-13-20-11-5-7-15-22(20)24)25-19-10-14-21-12-6-8-16-23(21)25/h5-16,18-19H,2-4,17H2,1H3. The van der Waals surface area contributed by atoms with E-state index >= 15 is 0 Å². The van der Waals surface area contributed by atoms with Crippen LogP contribution < -0.4 is 0 Å². The van der Waals surface area contributed by atoms with E-state index in [1.807, 2.05) is 0 Å². The molecule has 4 aromatic carbocycles. The molecular formula is C26H25. The summed E-state index contributed by atoms with van der Waals surface area (Å²) in [4.78, 5) is 0. The van der Waals surface area contributed by atoms with E-state index in [1.54, 1.807) is 0 Å². The predicted molar refractivity (Wildman–Crippen MR) is 113 cm³/mol. The second kappa shape index (κ2) is 7.74. The highest BCUT2D eigenvalue weighted by Gasteiger charge is 2.19. The lowest BCUT2D eigenvalue weighted by Gasteiger charge is -2.21. The van der Waals surface area contributed by atoms with Gasteiger partial charge in [-0.1, -0.05) is 111 Å². The number of rotatable bonds is 6. The Bertz CT molecular complexity index is 923. The monoisotopic (exact) mass is 337 g/mol. The molecule has 0 heterocycles. The van der Waals surface area contributed by atoms with Crippen molar-refractivity contribution in [3.63, 3.8) is 0 Å². The maximum Gasteiger partial charge on any atom is 0.0352 e. The predicted octanol–water partition coefficient (Wildman–Crippen LogP) is 7.54. The maximum absolute atomic E-state index is 2.30. The van der Waals surface area contributed by atoms with Crippen LogP contribution in [-0.4, -0.2) is 0 Å². The molecule has 4 aromatic rings. The van der Waals surface area contributed by atoms with E-state index in [2.05, 4.69) is 91.9 Å². The van der Waals surface area contributed by atoms with Crippen LogP contribution in [-0.2, 0) is 0 Å². The molecule has 0 aliphatic rings. The molecule has 0 saturated carbocycles. The number of hydrogen-bond acceptors (Lipinski definition) is 0. The van der Waals surface area contributed by atoms with Gasteiger partial charge < -0.3 is 0 Å². The van der Waals surface area contributed by atoms with Gasteiger partial charge in [0.2, 0.25) is 0 Å². The van der Waals surface area contributed by atoms with Gasteiger partial charge in [-0.15, -0.1) is 0 Å². The molecule has 0 heteroatoms. The van der Waals surface area contributed by atoms with Gasteiger partial charge in [0, 0.05) is 5.92 Å². The minimum Gasteiger partial charge on any atom is -0.0654 e. The molecule has 129 valence electrons. The van der Waals surface area contributed by atoms with Crippen LogP contribution in [0.4, 0.5) is 0 Å². The molecule has 0 bridgehead atoms. The average molecular weight is 337 g/mol. The fourth-order valence-electron chi connectivity index (χ4n) is 3.94. The summed E-state index contributed by atoms with van der Waals surface area (Å²) >= 11 is 0. The molecule has 0 N–H and O–H groups in total. The third-order valence-electron chi connectivity index (χ3n) is 5.26. The fourth-order valence-corrected chi connectivity index (χ4v) is 3.94. The Morgan fingerprint density at radius 1 is 0.577 bits per heavy atom.